The van der Waals surface area contributed by atoms with Crippen LogP contribution in [0, 0.1) is 5.82 Å². The molecule has 0 saturated heterocycles. The van der Waals surface area contributed by atoms with E-state index in [0.29, 0.717) is 6.07 Å². The van der Waals surface area contributed by atoms with Gasteiger partial charge in [-0.3, -0.25) is 0 Å². The van der Waals surface area contributed by atoms with Crippen molar-refractivity contribution in [3.8, 4) is 17.2 Å². The van der Waals surface area contributed by atoms with E-state index < -0.39 is 34.9 Å². The molecule has 2 N–H and O–H groups in total. The fourth-order valence-electron chi connectivity index (χ4n) is 0.841. The van der Waals surface area contributed by atoms with Gasteiger partial charge in [0.1, 0.15) is 13.6 Å². The molecular formula is C7H3BF4O3. The van der Waals surface area contributed by atoms with Gasteiger partial charge >= 0.3 is 6.36 Å². The lowest BCUT2D eigenvalue weighted by atomic mass is 9.94. The molecule has 0 atom stereocenters. The summed E-state index contributed by atoms with van der Waals surface area (Å²) < 4.78 is 51.3. The van der Waals surface area contributed by atoms with Gasteiger partial charge in [-0.15, -0.1) is 13.2 Å². The minimum Gasteiger partial charge on any atom is -0.505 e. The minimum atomic E-state index is -5.18. The van der Waals surface area contributed by atoms with Gasteiger partial charge in [-0.05, 0) is 11.5 Å². The molecule has 0 heterocycles. The number of phenolic OH excluding ortho intramolecular Hbond substituents is 2. The first-order valence-corrected chi connectivity index (χ1v) is 3.48. The Kier molecular flexibility index (Phi) is 2.70. The average Bonchev–Trinajstić information content (AvgIpc) is 2.07. The number of hydrogen-bond donors (Lipinski definition) is 2. The number of hydrogen-bond acceptors (Lipinski definition) is 3. The van der Waals surface area contributed by atoms with Gasteiger partial charge in [0.25, 0.3) is 0 Å². The van der Waals surface area contributed by atoms with E-state index in [9.17, 15) is 17.6 Å². The zero-order chi connectivity index (χ0) is 11.8. The first kappa shape index (κ1) is 11.5. The molecular weight excluding hydrogens is 219 g/mol. The van der Waals surface area contributed by atoms with E-state index in [2.05, 4.69) is 4.74 Å². The fraction of sp³-hybridized carbons (Fsp3) is 0.143. The maximum Gasteiger partial charge on any atom is 0.573 e. The Hall–Kier alpha value is -1.60. The second-order valence-electron chi connectivity index (χ2n) is 2.52. The molecule has 0 aliphatic heterocycles. The van der Waals surface area contributed by atoms with Crippen molar-refractivity contribution in [2.75, 3.05) is 0 Å². The normalized spacial score (nSPS) is 11.5. The second kappa shape index (κ2) is 3.52. The fourth-order valence-corrected chi connectivity index (χ4v) is 0.841. The van der Waals surface area contributed by atoms with Crippen LogP contribution in [-0.4, -0.2) is 24.4 Å². The summed E-state index contributed by atoms with van der Waals surface area (Å²) in [5, 5.41) is 17.8. The summed E-state index contributed by atoms with van der Waals surface area (Å²) in [5.41, 5.74) is -0.598. The van der Waals surface area contributed by atoms with Crippen LogP contribution >= 0.6 is 0 Å². The Balaban J connectivity index is 3.24. The highest BCUT2D eigenvalue weighted by atomic mass is 19.4. The molecule has 1 aromatic carbocycles. The third-order valence-corrected chi connectivity index (χ3v) is 1.42. The third-order valence-electron chi connectivity index (χ3n) is 1.42. The van der Waals surface area contributed by atoms with Crippen LogP contribution in [0.4, 0.5) is 17.6 Å². The molecule has 3 nitrogen and oxygen atoms in total. The van der Waals surface area contributed by atoms with Gasteiger partial charge in [0, 0.05) is 0 Å². The van der Waals surface area contributed by atoms with Gasteiger partial charge in [0.05, 0.1) is 0 Å². The zero-order valence-corrected chi connectivity index (χ0v) is 6.97. The summed E-state index contributed by atoms with van der Waals surface area (Å²) in [6.45, 7) is 0. The van der Waals surface area contributed by atoms with Crippen LogP contribution in [0.2, 0.25) is 0 Å². The molecule has 0 fully saturated rings. The predicted octanol–water partition coefficient (Wildman–Crippen LogP) is 0.929. The number of benzene rings is 1. The average molecular weight is 222 g/mol. The summed E-state index contributed by atoms with van der Waals surface area (Å²) in [6.07, 6.45) is -5.18. The maximum absolute atomic E-state index is 12.9. The minimum absolute atomic E-state index is 0.541. The smallest absolute Gasteiger partial charge is 0.505 e. The second-order valence-corrected chi connectivity index (χ2v) is 2.52. The van der Waals surface area contributed by atoms with Gasteiger partial charge in [-0.25, -0.2) is 0 Å². The van der Waals surface area contributed by atoms with Crippen molar-refractivity contribution in [2.45, 2.75) is 6.36 Å². The molecule has 0 aliphatic rings. The number of phenols is 2. The van der Waals surface area contributed by atoms with Crippen LogP contribution in [0.5, 0.6) is 17.2 Å². The highest BCUT2D eigenvalue weighted by molar-refractivity contribution is 6.34. The van der Waals surface area contributed by atoms with Crippen molar-refractivity contribution in [1.82, 2.24) is 0 Å². The van der Waals surface area contributed by atoms with E-state index in [1.165, 1.54) is 0 Å². The van der Waals surface area contributed by atoms with Gasteiger partial charge in [-0.1, -0.05) is 0 Å². The zero-order valence-electron chi connectivity index (χ0n) is 6.97. The van der Waals surface area contributed by atoms with Gasteiger partial charge < -0.3 is 14.9 Å². The number of aromatic hydroxyl groups is 2. The Labute approximate surface area is 82.3 Å². The van der Waals surface area contributed by atoms with Gasteiger partial charge in [0.2, 0.25) is 11.6 Å². The van der Waals surface area contributed by atoms with E-state index in [0.717, 1.165) is 0 Å². The molecule has 0 amide bonds. The van der Waals surface area contributed by atoms with Crippen molar-refractivity contribution < 1.29 is 32.5 Å². The largest absolute Gasteiger partial charge is 0.573 e. The summed E-state index contributed by atoms with van der Waals surface area (Å²) in [5.74, 6) is -5.66. The summed E-state index contributed by atoms with van der Waals surface area (Å²) in [7, 11) is 4.97. The lowest BCUT2D eigenvalue weighted by Gasteiger charge is -2.12. The molecule has 80 valence electrons. The molecule has 0 saturated carbocycles. The van der Waals surface area contributed by atoms with Crippen molar-refractivity contribution >= 4 is 13.3 Å². The van der Waals surface area contributed by atoms with Crippen LogP contribution in [0.15, 0.2) is 6.07 Å². The van der Waals surface area contributed by atoms with E-state index in [4.69, 9.17) is 18.1 Å². The van der Waals surface area contributed by atoms with E-state index in [-0.39, 0.29) is 0 Å². The molecule has 0 unspecified atom stereocenters. The molecule has 2 radical (unpaired) electrons. The molecule has 8 heteroatoms. The Bertz CT molecular complexity index is 391. The predicted molar refractivity (Wildman–Crippen MR) is 41.8 cm³/mol. The lowest BCUT2D eigenvalue weighted by molar-refractivity contribution is -0.276. The highest BCUT2D eigenvalue weighted by Gasteiger charge is 2.34. The van der Waals surface area contributed by atoms with Crippen LogP contribution in [-0.2, 0) is 0 Å². The van der Waals surface area contributed by atoms with Crippen LogP contribution < -0.4 is 10.2 Å². The van der Waals surface area contributed by atoms with E-state index in [1.54, 1.807) is 0 Å². The Morgan fingerprint density at radius 3 is 2.27 bits per heavy atom. The SMILES string of the molecule is [B]c1cc(O)c(OC(F)(F)F)c(F)c1O. The first-order chi connectivity index (χ1) is 6.72. The van der Waals surface area contributed by atoms with E-state index in [1.807, 2.05) is 0 Å². The van der Waals surface area contributed by atoms with E-state index >= 15 is 0 Å². The van der Waals surface area contributed by atoms with Gasteiger partial charge in [-0.2, -0.15) is 4.39 Å². The molecule has 1 rings (SSSR count). The number of rotatable bonds is 1. The number of ether oxygens (including phenoxy) is 1. The lowest BCUT2D eigenvalue weighted by Crippen LogP contribution is -2.19. The molecule has 0 aromatic heterocycles. The van der Waals surface area contributed by atoms with Crippen molar-refractivity contribution in [2.24, 2.45) is 0 Å². The quantitative estimate of drug-likeness (QED) is 0.422. The monoisotopic (exact) mass is 222 g/mol. The number of alkyl halides is 3. The summed E-state index contributed by atoms with van der Waals surface area (Å²) in [4.78, 5) is 0. The Morgan fingerprint density at radius 2 is 1.80 bits per heavy atom. The molecule has 0 aliphatic carbocycles. The molecule has 1 aromatic rings. The topological polar surface area (TPSA) is 49.7 Å². The summed E-state index contributed by atoms with van der Waals surface area (Å²) >= 11 is 0. The summed E-state index contributed by atoms with van der Waals surface area (Å²) in [6, 6.07) is 0.541. The third kappa shape index (κ3) is 2.45. The van der Waals surface area contributed by atoms with Crippen LogP contribution in [0.3, 0.4) is 0 Å². The maximum atomic E-state index is 12.9. The van der Waals surface area contributed by atoms with Crippen molar-refractivity contribution in [1.29, 1.82) is 0 Å². The first-order valence-electron chi connectivity index (χ1n) is 3.48. The van der Waals surface area contributed by atoms with Crippen LogP contribution in [0.25, 0.3) is 0 Å². The van der Waals surface area contributed by atoms with Gasteiger partial charge in [0.15, 0.2) is 5.75 Å². The Morgan fingerprint density at radius 1 is 1.27 bits per heavy atom. The molecule has 0 bridgehead atoms. The molecule has 0 spiro atoms. The standard InChI is InChI=1S/C7H3BF4O3/c8-2-1-3(13)6(4(9)5(2)14)15-7(10,11)12/h1,13-14H. The molecule has 15 heavy (non-hydrogen) atoms. The highest BCUT2D eigenvalue weighted by Crippen LogP contribution is 2.36. The van der Waals surface area contributed by atoms with Crippen molar-refractivity contribution in [3.05, 3.63) is 11.9 Å². The number of halogens is 4. The van der Waals surface area contributed by atoms with Crippen LogP contribution in [0.1, 0.15) is 0 Å². The van der Waals surface area contributed by atoms with Crippen molar-refractivity contribution in [3.63, 3.8) is 0 Å².